The maximum absolute atomic E-state index is 12.8. The Kier molecular flexibility index (Phi) is 3.52. The van der Waals surface area contributed by atoms with E-state index in [1.807, 2.05) is 0 Å². The average molecular weight is 268 g/mol. The predicted molar refractivity (Wildman–Crippen MR) is 62.9 cm³/mol. The highest BCUT2D eigenvalue weighted by Gasteiger charge is 2.15. The molecular weight excluding hydrogens is 259 g/mol. The first kappa shape index (κ1) is 12.4. The molecular formula is C11H9FN2O3S. The lowest BCUT2D eigenvalue weighted by molar-refractivity contribution is 0.0532. The molecule has 0 atom stereocenters. The van der Waals surface area contributed by atoms with Crippen molar-refractivity contribution in [3.8, 4) is 17.1 Å². The summed E-state index contributed by atoms with van der Waals surface area (Å²) in [5, 5.41) is 9.54. The highest BCUT2D eigenvalue weighted by molar-refractivity contribution is 7.08. The van der Waals surface area contributed by atoms with Crippen LogP contribution in [0.15, 0.2) is 18.3 Å². The van der Waals surface area contributed by atoms with Gasteiger partial charge in [-0.25, -0.2) is 14.2 Å². The molecule has 94 valence electrons. The molecule has 0 spiro atoms. The third-order valence-corrected chi connectivity index (χ3v) is 2.83. The van der Waals surface area contributed by atoms with Crippen molar-refractivity contribution in [3.63, 3.8) is 0 Å². The number of hydrogen-bond donors (Lipinski definition) is 1. The molecule has 0 saturated heterocycles. The van der Waals surface area contributed by atoms with Crippen molar-refractivity contribution in [2.24, 2.45) is 0 Å². The number of carbonyl (C=O) groups excluding carboxylic acids is 1. The van der Waals surface area contributed by atoms with Gasteiger partial charge in [0.2, 0.25) is 0 Å². The van der Waals surface area contributed by atoms with Crippen molar-refractivity contribution in [1.82, 2.24) is 9.36 Å². The molecule has 0 bridgehead atoms. The minimum atomic E-state index is -0.642. The zero-order valence-electron chi connectivity index (χ0n) is 9.38. The molecule has 0 saturated carbocycles. The van der Waals surface area contributed by atoms with E-state index in [1.54, 1.807) is 6.92 Å². The van der Waals surface area contributed by atoms with E-state index in [9.17, 15) is 14.3 Å². The molecule has 5 nitrogen and oxygen atoms in total. The highest BCUT2D eigenvalue weighted by Crippen LogP contribution is 2.28. The number of aromatic hydroxyl groups is 1. The first-order chi connectivity index (χ1) is 8.61. The van der Waals surface area contributed by atoms with Gasteiger partial charge < -0.3 is 9.84 Å². The summed E-state index contributed by atoms with van der Waals surface area (Å²) < 4.78 is 21.6. The lowest BCUT2D eigenvalue weighted by Crippen LogP contribution is -2.01. The normalized spacial score (nSPS) is 10.3. The first-order valence-corrected chi connectivity index (χ1v) is 5.88. The van der Waals surface area contributed by atoms with Crippen LogP contribution in [0.2, 0.25) is 0 Å². The van der Waals surface area contributed by atoms with Crippen molar-refractivity contribution in [3.05, 3.63) is 29.0 Å². The molecule has 1 N–H and O–H groups in total. The molecule has 2 aromatic rings. The van der Waals surface area contributed by atoms with E-state index in [0.29, 0.717) is 10.6 Å². The molecule has 0 radical (unpaired) electrons. The molecule has 2 aromatic heterocycles. The van der Waals surface area contributed by atoms with Gasteiger partial charge in [-0.15, -0.1) is 0 Å². The van der Waals surface area contributed by atoms with Crippen LogP contribution in [-0.4, -0.2) is 27.0 Å². The summed E-state index contributed by atoms with van der Waals surface area (Å²) in [4.78, 5) is 15.5. The van der Waals surface area contributed by atoms with E-state index in [4.69, 9.17) is 4.74 Å². The number of nitrogens with zero attached hydrogens (tertiary/aromatic N) is 2. The van der Waals surface area contributed by atoms with Crippen LogP contribution >= 0.6 is 11.5 Å². The fourth-order valence-electron chi connectivity index (χ4n) is 1.31. The number of rotatable bonds is 3. The molecule has 2 rings (SSSR count). The van der Waals surface area contributed by atoms with Crippen molar-refractivity contribution in [2.75, 3.05) is 6.61 Å². The van der Waals surface area contributed by atoms with E-state index in [-0.39, 0.29) is 18.1 Å². The molecule has 0 fully saturated rings. The van der Waals surface area contributed by atoms with Gasteiger partial charge in [0.15, 0.2) is 0 Å². The second-order valence-corrected chi connectivity index (χ2v) is 4.12. The average Bonchev–Trinajstić information content (AvgIpc) is 2.78. The van der Waals surface area contributed by atoms with E-state index < -0.39 is 11.8 Å². The Balaban J connectivity index is 2.32. The number of halogens is 1. The van der Waals surface area contributed by atoms with Gasteiger partial charge in [0.25, 0.3) is 0 Å². The van der Waals surface area contributed by atoms with Crippen molar-refractivity contribution < 1.29 is 19.0 Å². The van der Waals surface area contributed by atoms with Crippen LogP contribution in [0.1, 0.15) is 16.6 Å². The Morgan fingerprint density at radius 2 is 2.33 bits per heavy atom. The summed E-state index contributed by atoms with van der Waals surface area (Å²) in [6.45, 7) is 1.97. The summed E-state index contributed by atoms with van der Waals surface area (Å²) in [6, 6.07) is 2.38. The Morgan fingerprint density at radius 3 is 3.00 bits per heavy atom. The molecule has 2 heterocycles. The maximum atomic E-state index is 12.8. The summed E-state index contributed by atoms with van der Waals surface area (Å²) in [5.74, 6) is -1.45. The minimum Gasteiger partial charge on any atom is -0.505 e. The SMILES string of the molecule is CCOC(=O)c1cc(-c2ncc(F)cc2O)ns1. The van der Waals surface area contributed by atoms with Gasteiger partial charge in [0.05, 0.1) is 12.8 Å². The molecule has 0 aliphatic rings. The van der Waals surface area contributed by atoms with Gasteiger partial charge in [-0.3, -0.25) is 0 Å². The van der Waals surface area contributed by atoms with E-state index in [2.05, 4.69) is 9.36 Å². The molecule has 0 aromatic carbocycles. The smallest absolute Gasteiger partial charge is 0.349 e. The van der Waals surface area contributed by atoms with Crippen LogP contribution in [0.4, 0.5) is 4.39 Å². The molecule has 0 unspecified atom stereocenters. The van der Waals surface area contributed by atoms with Crippen LogP contribution in [0, 0.1) is 5.82 Å². The minimum absolute atomic E-state index is 0.128. The number of hydrogen-bond acceptors (Lipinski definition) is 6. The quantitative estimate of drug-likeness (QED) is 0.864. The van der Waals surface area contributed by atoms with Gasteiger partial charge in [0, 0.05) is 6.07 Å². The number of pyridine rings is 1. The predicted octanol–water partition coefficient (Wildman–Crippen LogP) is 2.23. The molecule has 7 heteroatoms. The van der Waals surface area contributed by atoms with Crippen LogP contribution in [0.3, 0.4) is 0 Å². The van der Waals surface area contributed by atoms with Crippen LogP contribution in [-0.2, 0) is 4.74 Å². The van der Waals surface area contributed by atoms with Crippen LogP contribution < -0.4 is 0 Å². The second kappa shape index (κ2) is 5.09. The third kappa shape index (κ3) is 2.45. The molecule has 18 heavy (non-hydrogen) atoms. The van der Waals surface area contributed by atoms with Crippen molar-refractivity contribution in [2.45, 2.75) is 6.92 Å². The Morgan fingerprint density at radius 1 is 1.56 bits per heavy atom. The van der Waals surface area contributed by atoms with Gasteiger partial charge in [-0.2, -0.15) is 4.37 Å². The summed E-state index contributed by atoms with van der Waals surface area (Å²) in [7, 11) is 0. The van der Waals surface area contributed by atoms with Gasteiger partial charge in [-0.05, 0) is 24.5 Å². The Labute approximate surface area is 106 Å². The second-order valence-electron chi connectivity index (χ2n) is 3.32. The number of esters is 1. The van der Waals surface area contributed by atoms with E-state index >= 15 is 0 Å². The standard InChI is InChI=1S/C11H9FN2O3S/c1-2-17-11(16)9-4-7(14-18-9)10-8(15)3-6(12)5-13-10/h3-5,15H,2H2,1H3. The topological polar surface area (TPSA) is 72.3 Å². The summed E-state index contributed by atoms with van der Waals surface area (Å²) in [5.41, 5.74) is 0.434. The van der Waals surface area contributed by atoms with Gasteiger partial charge >= 0.3 is 5.97 Å². The van der Waals surface area contributed by atoms with Crippen LogP contribution in [0.5, 0.6) is 5.75 Å². The third-order valence-electron chi connectivity index (χ3n) is 2.06. The number of aromatic nitrogens is 2. The van der Waals surface area contributed by atoms with Crippen molar-refractivity contribution in [1.29, 1.82) is 0 Å². The molecule has 0 aliphatic carbocycles. The maximum Gasteiger partial charge on any atom is 0.349 e. The monoisotopic (exact) mass is 268 g/mol. The Hall–Kier alpha value is -2.02. The zero-order valence-corrected chi connectivity index (χ0v) is 10.2. The molecule has 0 aliphatic heterocycles. The van der Waals surface area contributed by atoms with E-state index in [0.717, 1.165) is 23.8 Å². The Bertz CT molecular complexity index is 585. The number of carbonyl (C=O) groups is 1. The van der Waals surface area contributed by atoms with Crippen molar-refractivity contribution >= 4 is 17.5 Å². The van der Waals surface area contributed by atoms with E-state index in [1.165, 1.54) is 6.07 Å². The lowest BCUT2D eigenvalue weighted by Gasteiger charge is -1.99. The fraction of sp³-hybridized carbons (Fsp3) is 0.182. The first-order valence-electron chi connectivity index (χ1n) is 5.10. The lowest BCUT2D eigenvalue weighted by atomic mass is 10.2. The van der Waals surface area contributed by atoms with Gasteiger partial charge in [0.1, 0.15) is 27.8 Å². The van der Waals surface area contributed by atoms with Crippen LogP contribution in [0.25, 0.3) is 11.4 Å². The summed E-state index contributed by atoms with van der Waals surface area (Å²) in [6.07, 6.45) is 0.971. The molecule has 0 amide bonds. The largest absolute Gasteiger partial charge is 0.505 e. The number of ether oxygens (including phenoxy) is 1. The fourth-order valence-corrected chi connectivity index (χ4v) is 1.94. The highest BCUT2D eigenvalue weighted by atomic mass is 32.1. The summed E-state index contributed by atoms with van der Waals surface area (Å²) >= 11 is 0.936. The zero-order chi connectivity index (χ0) is 13.1. The van der Waals surface area contributed by atoms with Gasteiger partial charge in [-0.1, -0.05) is 0 Å².